The number of aryl methyl sites for hydroxylation is 2. The van der Waals surface area contributed by atoms with E-state index in [4.69, 9.17) is 4.74 Å². The van der Waals surface area contributed by atoms with E-state index in [2.05, 4.69) is 9.88 Å². The molecule has 3 amide bonds. The Labute approximate surface area is 221 Å². The molecule has 2 heterocycles. The van der Waals surface area contributed by atoms with Crippen LogP contribution in [-0.2, 0) is 15.8 Å². The molecule has 0 saturated carbocycles. The Morgan fingerprint density at radius 2 is 1.79 bits per heavy atom. The highest BCUT2D eigenvalue weighted by Gasteiger charge is 2.37. The zero-order valence-electron chi connectivity index (χ0n) is 21.0. The predicted molar refractivity (Wildman–Crippen MR) is 139 cm³/mol. The molecule has 0 radical (unpaired) electrons. The fraction of sp³-hybridized carbons (Fsp3) is 0.222. The third kappa shape index (κ3) is 5.33. The van der Waals surface area contributed by atoms with Crippen LogP contribution in [0.5, 0.6) is 5.75 Å². The number of para-hydroxylation sites is 1. The quantitative estimate of drug-likeness (QED) is 0.380. The number of nitrogens with one attached hydrogen (secondary N) is 1. The van der Waals surface area contributed by atoms with Gasteiger partial charge in [0.05, 0.1) is 23.3 Å². The Hall–Kier alpha value is -3.99. The van der Waals surface area contributed by atoms with Crippen molar-refractivity contribution >= 4 is 40.6 Å². The van der Waals surface area contributed by atoms with Crippen molar-refractivity contribution in [3.8, 4) is 11.4 Å². The molecular formula is C27H24F3N3O4S. The van der Waals surface area contributed by atoms with Crippen molar-refractivity contribution in [2.45, 2.75) is 26.9 Å². The number of methoxy groups -OCH3 is 1. The highest BCUT2D eigenvalue weighted by atomic mass is 32.2. The molecule has 1 saturated heterocycles. The van der Waals surface area contributed by atoms with E-state index in [-0.39, 0.29) is 16.3 Å². The van der Waals surface area contributed by atoms with Crippen LogP contribution in [0.15, 0.2) is 53.4 Å². The summed E-state index contributed by atoms with van der Waals surface area (Å²) in [5.74, 6) is -1.50. The monoisotopic (exact) mass is 543 g/mol. The Bertz CT molecular complexity index is 1480. The van der Waals surface area contributed by atoms with Gasteiger partial charge in [-0.15, -0.1) is 0 Å². The summed E-state index contributed by atoms with van der Waals surface area (Å²) in [5.41, 5.74) is 3.43. The molecule has 0 unspecified atom stereocenters. The summed E-state index contributed by atoms with van der Waals surface area (Å²) < 4.78 is 46.4. The maximum atomic E-state index is 13.1. The van der Waals surface area contributed by atoms with E-state index in [0.717, 1.165) is 51.3 Å². The normalized spacial score (nSPS) is 14.9. The van der Waals surface area contributed by atoms with Gasteiger partial charge in [0.2, 0.25) is 5.91 Å². The van der Waals surface area contributed by atoms with E-state index in [0.29, 0.717) is 11.8 Å². The third-order valence-corrected chi connectivity index (χ3v) is 7.00. The van der Waals surface area contributed by atoms with Gasteiger partial charge >= 0.3 is 6.18 Å². The molecule has 7 nitrogen and oxygen atoms in total. The topological polar surface area (TPSA) is 80.6 Å². The van der Waals surface area contributed by atoms with Crippen molar-refractivity contribution in [3.05, 3.63) is 81.5 Å². The number of carbonyl (C=O) groups is 3. The maximum Gasteiger partial charge on any atom is 0.416 e. The number of hydrogen-bond donors (Lipinski definition) is 1. The number of alkyl halides is 3. The predicted octanol–water partition coefficient (Wildman–Crippen LogP) is 6.10. The lowest BCUT2D eigenvalue weighted by Gasteiger charge is -2.16. The highest BCUT2D eigenvalue weighted by molar-refractivity contribution is 8.18. The van der Waals surface area contributed by atoms with Gasteiger partial charge in [-0.05, 0) is 80.1 Å². The van der Waals surface area contributed by atoms with Crippen molar-refractivity contribution in [1.82, 2.24) is 9.47 Å². The molecular weight excluding hydrogens is 519 g/mol. The van der Waals surface area contributed by atoms with Crippen molar-refractivity contribution in [1.29, 1.82) is 0 Å². The molecule has 198 valence electrons. The molecule has 2 aromatic carbocycles. The Morgan fingerprint density at radius 3 is 2.45 bits per heavy atom. The number of imide groups is 1. The van der Waals surface area contributed by atoms with Crippen LogP contribution in [0.3, 0.4) is 0 Å². The number of nitrogens with zero attached hydrogens (tertiary/aromatic N) is 2. The second-order valence-electron chi connectivity index (χ2n) is 8.68. The van der Waals surface area contributed by atoms with Gasteiger partial charge in [0.1, 0.15) is 12.3 Å². The minimum Gasteiger partial charge on any atom is -0.495 e. The maximum absolute atomic E-state index is 13.1. The van der Waals surface area contributed by atoms with E-state index >= 15 is 0 Å². The molecule has 3 aromatic rings. The third-order valence-electron chi connectivity index (χ3n) is 6.09. The van der Waals surface area contributed by atoms with Crippen LogP contribution in [0, 0.1) is 20.8 Å². The zero-order chi connectivity index (χ0) is 27.8. The Morgan fingerprint density at radius 1 is 1.08 bits per heavy atom. The first-order valence-corrected chi connectivity index (χ1v) is 12.3. The van der Waals surface area contributed by atoms with Crippen LogP contribution in [0.4, 0.5) is 23.7 Å². The Balaban J connectivity index is 1.54. The second kappa shape index (κ2) is 10.4. The number of benzene rings is 2. The molecule has 4 rings (SSSR count). The molecule has 1 aliphatic heterocycles. The van der Waals surface area contributed by atoms with Crippen LogP contribution >= 0.6 is 11.8 Å². The lowest BCUT2D eigenvalue weighted by atomic mass is 10.1. The number of carbonyl (C=O) groups excluding carboxylic acids is 3. The van der Waals surface area contributed by atoms with Gasteiger partial charge in [0.15, 0.2) is 0 Å². The lowest BCUT2D eigenvalue weighted by Crippen LogP contribution is -2.36. The summed E-state index contributed by atoms with van der Waals surface area (Å²) in [4.78, 5) is 39.1. The van der Waals surface area contributed by atoms with E-state index < -0.39 is 35.3 Å². The van der Waals surface area contributed by atoms with Gasteiger partial charge in [0, 0.05) is 17.1 Å². The molecule has 0 spiro atoms. The number of rotatable bonds is 6. The first-order chi connectivity index (χ1) is 17.9. The number of anilines is 1. The summed E-state index contributed by atoms with van der Waals surface area (Å²) in [6.07, 6.45) is -3.02. The second-order valence-corrected chi connectivity index (χ2v) is 9.67. The van der Waals surface area contributed by atoms with Crippen molar-refractivity contribution in [3.63, 3.8) is 0 Å². The number of amides is 3. The smallest absolute Gasteiger partial charge is 0.416 e. The van der Waals surface area contributed by atoms with Crippen LogP contribution in [0.2, 0.25) is 0 Å². The van der Waals surface area contributed by atoms with E-state index in [1.807, 2.05) is 51.1 Å². The number of aromatic nitrogens is 1. The van der Waals surface area contributed by atoms with Gasteiger partial charge in [-0.3, -0.25) is 19.3 Å². The molecule has 11 heteroatoms. The van der Waals surface area contributed by atoms with Crippen molar-refractivity contribution in [2.24, 2.45) is 0 Å². The standard InChI is InChI=1S/C27H24F3N3O4S/c1-15-7-5-6-8-21(15)33-16(2)11-18(17(33)3)12-23-25(35)32(26(36)38-23)14-24(34)31-20-13-19(27(28,29)30)9-10-22(20)37-4/h5-13H,14H2,1-4H3,(H,31,34)/b23-12-. The zero-order valence-corrected chi connectivity index (χ0v) is 21.8. The van der Waals surface area contributed by atoms with E-state index in [1.54, 1.807) is 6.08 Å². The lowest BCUT2D eigenvalue weighted by molar-refractivity contribution is -0.137. The fourth-order valence-electron chi connectivity index (χ4n) is 4.21. The molecule has 38 heavy (non-hydrogen) atoms. The van der Waals surface area contributed by atoms with Crippen LogP contribution in [-0.4, -0.2) is 40.2 Å². The van der Waals surface area contributed by atoms with E-state index in [1.165, 1.54) is 7.11 Å². The van der Waals surface area contributed by atoms with Gasteiger partial charge in [-0.1, -0.05) is 18.2 Å². The van der Waals surface area contributed by atoms with Crippen molar-refractivity contribution < 1.29 is 32.3 Å². The minimum absolute atomic E-state index is 0.00407. The molecule has 1 fully saturated rings. The number of thioether (sulfide) groups is 1. The SMILES string of the molecule is COc1ccc(C(F)(F)F)cc1NC(=O)CN1C(=O)S/C(=C\c2cc(C)n(-c3ccccc3C)c2C)C1=O. The summed E-state index contributed by atoms with van der Waals surface area (Å²) in [5, 5.41) is 1.66. The Kier molecular flexibility index (Phi) is 7.41. The molecule has 0 bridgehead atoms. The highest BCUT2D eigenvalue weighted by Crippen LogP contribution is 2.36. The first kappa shape index (κ1) is 27.1. The summed E-state index contributed by atoms with van der Waals surface area (Å²) in [6, 6.07) is 12.4. The van der Waals surface area contributed by atoms with Crippen LogP contribution in [0.25, 0.3) is 11.8 Å². The molecule has 1 aliphatic rings. The largest absolute Gasteiger partial charge is 0.495 e. The average Bonchev–Trinajstić information content (AvgIpc) is 3.27. The van der Waals surface area contributed by atoms with E-state index in [9.17, 15) is 27.6 Å². The summed E-state index contributed by atoms with van der Waals surface area (Å²) in [7, 11) is 1.25. The molecule has 1 N–H and O–H groups in total. The summed E-state index contributed by atoms with van der Waals surface area (Å²) >= 11 is 0.697. The average molecular weight is 544 g/mol. The fourth-order valence-corrected chi connectivity index (χ4v) is 5.04. The molecule has 0 aliphatic carbocycles. The van der Waals surface area contributed by atoms with Crippen LogP contribution < -0.4 is 10.1 Å². The molecule has 0 atom stereocenters. The first-order valence-electron chi connectivity index (χ1n) is 11.5. The van der Waals surface area contributed by atoms with Gasteiger partial charge in [-0.25, -0.2) is 0 Å². The van der Waals surface area contributed by atoms with Crippen LogP contribution in [0.1, 0.15) is 28.1 Å². The number of halogens is 3. The van der Waals surface area contributed by atoms with Gasteiger partial charge < -0.3 is 14.6 Å². The summed E-state index contributed by atoms with van der Waals surface area (Å²) in [6.45, 7) is 5.18. The number of ether oxygens (including phenoxy) is 1. The number of hydrogen-bond acceptors (Lipinski definition) is 5. The van der Waals surface area contributed by atoms with Gasteiger partial charge in [-0.2, -0.15) is 13.2 Å². The van der Waals surface area contributed by atoms with Crippen molar-refractivity contribution in [2.75, 3.05) is 19.0 Å². The van der Waals surface area contributed by atoms with Gasteiger partial charge in [0.25, 0.3) is 11.1 Å². The molecule has 1 aromatic heterocycles. The minimum atomic E-state index is -4.63.